The van der Waals surface area contributed by atoms with Gasteiger partial charge in [-0.1, -0.05) is 12.2 Å². The number of nitrogens with zero attached hydrogens (tertiary/aromatic N) is 1. The number of rotatable bonds is 4. The van der Waals surface area contributed by atoms with Gasteiger partial charge in [0.15, 0.2) is 0 Å². The fraction of sp³-hybridized carbons (Fsp3) is 0.333. The van der Waals surface area contributed by atoms with Crippen molar-refractivity contribution in [2.45, 2.75) is 19.8 Å². The lowest BCUT2D eigenvalue weighted by Gasteiger charge is -2.14. The van der Waals surface area contributed by atoms with Crippen LogP contribution in [-0.4, -0.2) is 35.1 Å². The summed E-state index contributed by atoms with van der Waals surface area (Å²) >= 11 is 0. The van der Waals surface area contributed by atoms with Gasteiger partial charge in [-0.3, -0.25) is 24.1 Å². The fourth-order valence-electron chi connectivity index (χ4n) is 3.21. The average molecular weight is 341 g/mol. The molecule has 7 heteroatoms. The molecule has 0 saturated carbocycles. The summed E-state index contributed by atoms with van der Waals surface area (Å²) in [5.41, 5.74) is 1.14. The van der Waals surface area contributed by atoms with Crippen molar-refractivity contribution in [1.82, 2.24) is 4.90 Å². The van der Waals surface area contributed by atoms with E-state index in [1.807, 2.05) is 12.2 Å². The van der Waals surface area contributed by atoms with Gasteiger partial charge in [0.25, 0.3) is 0 Å². The largest absolute Gasteiger partial charge is 0.326 e. The SMILES string of the molecule is CC(=O)Nc1ccc(NC(=O)CN2C(=O)[C@@H]3CC=CC[C@H]3C2=O)cc1. The number of anilines is 2. The molecule has 2 atom stereocenters. The van der Waals surface area contributed by atoms with Gasteiger partial charge in [-0.2, -0.15) is 0 Å². The number of imide groups is 1. The van der Waals surface area contributed by atoms with Crippen LogP contribution in [-0.2, 0) is 19.2 Å². The molecule has 2 aliphatic rings. The summed E-state index contributed by atoms with van der Waals surface area (Å²) in [6, 6.07) is 6.59. The standard InChI is InChI=1S/C18H19N3O4/c1-11(22)19-12-6-8-13(9-7-12)20-16(23)10-21-17(24)14-4-2-3-5-15(14)18(21)25/h2-3,6-9,14-15H,4-5,10H2,1H3,(H,19,22)(H,20,23)/t14-,15-/m1/s1. The molecule has 7 nitrogen and oxygen atoms in total. The van der Waals surface area contributed by atoms with Crippen LogP contribution in [0.15, 0.2) is 36.4 Å². The van der Waals surface area contributed by atoms with Crippen molar-refractivity contribution in [3.8, 4) is 0 Å². The van der Waals surface area contributed by atoms with Gasteiger partial charge in [0.1, 0.15) is 6.54 Å². The van der Waals surface area contributed by atoms with Crippen LogP contribution in [0.4, 0.5) is 11.4 Å². The number of carbonyl (C=O) groups is 4. The van der Waals surface area contributed by atoms with Crippen molar-refractivity contribution in [3.63, 3.8) is 0 Å². The van der Waals surface area contributed by atoms with Gasteiger partial charge >= 0.3 is 0 Å². The topological polar surface area (TPSA) is 95.6 Å². The molecule has 1 aliphatic heterocycles. The van der Waals surface area contributed by atoms with Crippen molar-refractivity contribution in [3.05, 3.63) is 36.4 Å². The van der Waals surface area contributed by atoms with Crippen LogP contribution in [0.5, 0.6) is 0 Å². The van der Waals surface area contributed by atoms with Crippen LogP contribution in [0.2, 0.25) is 0 Å². The van der Waals surface area contributed by atoms with Gasteiger partial charge in [0, 0.05) is 18.3 Å². The molecule has 25 heavy (non-hydrogen) atoms. The molecule has 4 amide bonds. The molecule has 1 saturated heterocycles. The van der Waals surface area contributed by atoms with Crippen LogP contribution < -0.4 is 10.6 Å². The molecule has 0 radical (unpaired) electrons. The summed E-state index contributed by atoms with van der Waals surface area (Å²) in [7, 11) is 0. The number of hydrogen-bond acceptors (Lipinski definition) is 4. The average Bonchev–Trinajstić information content (AvgIpc) is 2.82. The predicted molar refractivity (Wildman–Crippen MR) is 91.4 cm³/mol. The monoisotopic (exact) mass is 341 g/mol. The Morgan fingerprint density at radius 2 is 1.44 bits per heavy atom. The second-order valence-electron chi connectivity index (χ2n) is 6.23. The lowest BCUT2D eigenvalue weighted by Crippen LogP contribution is -2.38. The van der Waals surface area contributed by atoms with E-state index >= 15 is 0 Å². The van der Waals surface area contributed by atoms with E-state index in [9.17, 15) is 19.2 Å². The van der Waals surface area contributed by atoms with E-state index in [-0.39, 0.29) is 36.1 Å². The lowest BCUT2D eigenvalue weighted by atomic mass is 9.85. The third-order valence-electron chi connectivity index (χ3n) is 4.39. The molecule has 0 unspecified atom stereocenters. The zero-order valence-corrected chi connectivity index (χ0v) is 13.8. The molecular weight excluding hydrogens is 322 g/mol. The van der Waals surface area contributed by atoms with Gasteiger partial charge in [-0.15, -0.1) is 0 Å². The van der Waals surface area contributed by atoms with Crippen molar-refractivity contribution in [1.29, 1.82) is 0 Å². The van der Waals surface area contributed by atoms with Crippen molar-refractivity contribution in [2.24, 2.45) is 11.8 Å². The quantitative estimate of drug-likeness (QED) is 0.641. The van der Waals surface area contributed by atoms with Gasteiger partial charge in [0.2, 0.25) is 23.6 Å². The van der Waals surface area contributed by atoms with Crippen LogP contribution >= 0.6 is 0 Å². The number of hydrogen-bond donors (Lipinski definition) is 2. The maximum Gasteiger partial charge on any atom is 0.244 e. The smallest absolute Gasteiger partial charge is 0.244 e. The molecule has 2 N–H and O–H groups in total. The number of fused-ring (bicyclic) bond motifs is 1. The normalized spacial score (nSPS) is 21.9. The van der Waals surface area contributed by atoms with E-state index in [1.165, 1.54) is 6.92 Å². The Morgan fingerprint density at radius 1 is 0.960 bits per heavy atom. The van der Waals surface area contributed by atoms with E-state index in [4.69, 9.17) is 0 Å². The Morgan fingerprint density at radius 3 is 1.92 bits per heavy atom. The molecule has 1 aromatic rings. The first-order valence-electron chi connectivity index (χ1n) is 8.13. The Bertz CT molecular complexity index is 728. The molecule has 1 heterocycles. The summed E-state index contributed by atoms with van der Waals surface area (Å²) in [5, 5.41) is 5.29. The molecule has 0 bridgehead atoms. The van der Waals surface area contributed by atoms with E-state index < -0.39 is 5.91 Å². The minimum absolute atomic E-state index is 0.182. The molecule has 0 aromatic heterocycles. The fourth-order valence-corrected chi connectivity index (χ4v) is 3.21. The highest BCUT2D eigenvalue weighted by Gasteiger charge is 2.47. The van der Waals surface area contributed by atoms with Gasteiger partial charge in [0.05, 0.1) is 11.8 Å². The maximum absolute atomic E-state index is 12.3. The van der Waals surface area contributed by atoms with Crippen LogP contribution in [0.1, 0.15) is 19.8 Å². The van der Waals surface area contributed by atoms with Crippen LogP contribution in [0.25, 0.3) is 0 Å². The molecule has 3 rings (SSSR count). The third-order valence-corrected chi connectivity index (χ3v) is 4.39. The summed E-state index contributed by atoms with van der Waals surface area (Å²) in [6.07, 6.45) is 4.93. The van der Waals surface area contributed by atoms with Crippen LogP contribution in [0.3, 0.4) is 0 Å². The molecule has 1 aromatic carbocycles. The van der Waals surface area contributed by atoms with E-state index in [1.54, 1.807) is 24.3 Å². The zero-order valence-electron chi connectivity index (χ0n) is 13.8. The first kappa shape index (κ1) is 16.9. The van der Waals surface area contributed by atoms with Crippen LogP contribution in [0, 0.1) is 11.8 Å². The number of nitrogens with one attached hydrogen (secondary N) is 2. The Labute approximate surface area is 145 Å². The minimum Gasteiger partial charge on any atom is -0.326 e. The Balaban J connectivity index is 1.60. The lowest BCUT2D eigenvalue weighted by molar-refractivity contribution is -0.142. The summed E-state index contributed by atoms with van der Waals surface area (Å²) in [6.45, 7) is 1.13. The van der Waals surface area contributed by atoms with E-state index in [2.05, 4.69) is 10.6 Å². The maximum atomic E-state index is 12.3. The highest BCUT2D eigenvalue weighted by Crippen LogP contribution is 2.34. The summed E-state index contributed by atoms with van der Waals surface area (Å²) in [5.74, 6) is -1.81. The first-order chi connectivity index (χ1) is 12.0. The minimum atomic E-state index is -0.430. The number of amides is 4. The summed E-state index contributed by atoms with van der Waals surface area (Å²) < 4.78 is 0. The molecule has 130 valence electrons. The molecule has 1 aliphatic carbocycles. The molecule has 1 fully saturated rings. The summed E-state index contributed by atoms with van der Waals surface area (Å²) in [4.78, 5) is 48.9. The Hall–Kier alpha value is -2.96. The number of benzene rings is 1. The predicted octanol–water partition coefficient (Wildman–Crippen LogP) is 1.53. The van der Waals surface area contributed by atoms with Gasteiger partial charge < -0.3 is 10.6 Å². The second-order valence-corrected chi connectivity index (χ2v) is 6.23. The Kier molecular flexibility index (Phi) is 4.65. The van der Waals surface area contributed by atoms with E-state index in [0.717, 1.165) is 4.90 Å². The van der Waals surface area contributed by atoms with Crippen molar-refractivity contribution >= 4 is 35.0 Å². The van der Waals surface area contributed by atoms with E-state index in [0.29, 0.717) is 24.2 Å². The number of carbonyl (C=O) groups excluding carboxylic acids is 4. The van der Waals surface area contributed by atoms with Gasteiger partial charge in [-0.25, -0.2) is 0 Å². The zero-order chi connectivity index (χ0) is 18.0. The molecule has 0 spiro atoms. The second kappa shape index (κ2) is 6.88. The third kappa shape index (κ3) is 3.60. The van der Waals surface area contributed by atoms with Gasteiger partial charge in [-0.05, 0) is 37.1 Å². The van der Waals surface area contributed by atoms with Crippen molar-refractivity contribution < 1.29 is 19.2 Å². The van der Waals surface area contributed by atoms with Crippen molar-refractivity contribution in [2.75, 3.05) is 17.2 Å². The highest BCUT2D eigenvalue weighted by atomic mass is 16.2. The first-order valence-corrected chi connectivity index (χ1v) is 8.13. The molecular formula is C18H19N3O4. The number of allylic oxidation sites excluding steroid dienone is 2. The highest BCUT2D eigenvalue weighted by molar-refractivity contribution is 6.08. The number of likely N-dealkylation sites (tertiary alicyclic amines) is 1.